The molecule has 0 aromatic rings. The predicted molar refractivity (Wildman–Crippen MR) is 77.5 cm³/mol. The molecule has 1 saturated heterocycles. The molecule has 1 heterocycles. The first kappa shape index (κ1) is 15.6. The molecule has 0 saturated carbocycles. The van der Waals surface area contributed by atoms with Gasteiger partial charge in [-0.1, -0.05) is 0 Å². The van der Waals surface area contributed by atoms with Crippen molar-refractivity contribution in [3.05, 3.63) is 0 Å². The number of guanidine groups is 1. The smallest absolute Gasteiger partial charge is 0.211 e. The Morgan fingerprint density at radius 2 is 2.11 bits per heavy atom. The van der Waals surface area contributed by atoms with Crippen molar-refractivity contribution in [2.24, 2.45) is 10.7 Å². The van der Waals surface area contributed by atoms with Crippen LogP contribution in [0.15, 0.2) is 4.99 Å². The molecule has 3 N–H and O–H groups in total. The van der Waals surface area contributed by atoms with E-state index >= 15 is 0 Å². The summed E-state index contributed by atoms with van der Waals surface area (Å²) >= 11 is 1.92. The Morgan fingerprint density at radius 3 is 2.72 bits per heavy atom. The molecule has 1 aliphatic rings. The minimum atomic E-state index is -3.08. The number of nitrogens with zero attached hydrogens (tertiary/aromatic N) is 2. The summed E-state index contributed by atoms with van der Waals surface area (Å²) in [5.41, 5.74) is 5.87. The maximum atomic E-state index is 11.2. The first-order valence-electron chi connectivity index (χ1n) is 6.15. The lowest BCUT2D eigenvalue weighted by atomic mass is 10.4. The van der Waals surface area contributed by atoms with Gasteiger partial charge < -0.3 is 10.6 Å². The summed E-state index contributed by atoms with van der Waals surface area (Å²) in [6.07, 6.45) is 0.669. The van der Waals surface area contributed by atoms with Gasteiger partial charge in [-0.15, -0.1) is 0 Å². The minimum Gasteiger partial charge on any atom is -0.370 e. The predicted octanol–water partition coefficient (Wildman–Crippen LogP) is -0.321. The van der Waals surface area contributed by atoms with Gasteiger partial charge in [-0.25, -0.2) is 13.1 Å². The van der Waals surface area contributed by atoms with Crippen molar-refractivity contribution < 1.29 is 8.42 Å². The van der Waals surface area contributed by atoms with Crippen molar-refractivity contribution in [1.29, 1.82) is 0 Å². The molecule has 0 aromatic heterocycles. The van der Waals surface area contributed by atoms with E-state index in [1.807, 2.05) is 11.8 Å². The second kappa shape index (κ2) is 7.85. The van der Waals surface area contributed by atoms with Crippen molar-refractivity contribution in [3.8, 4) is 0 Å². The van der Waals surface area contributed by atoms with E-state index in [-0.39, 0.29) is 5.75 Å². The molecular weight excluding hydrogens is 272 g/mol. The summed E-state index contributed by atoms with van der Waals surface area (Å²) in [7, 11) is -3.08. The molecule has 8 heteroatoms. The van der Waals surface area contributed by atoms with Gasteiger partial charge in [0.1, 0.15) is 0 Å². The van der Waals surface area contributed by atoms with Gasteiger partial charge in [-0.2, -0.15) is 11.8 Å². The van der Waals surface area contributed by atoms with Crippen molar-refractivity contribution in [3.63, 3.8) is 0 Å². The average molecular weight is 294 g/mol. The van der Waals surface area contributed by atoms with E-state index in [2.05, 4.69) is 14.6 Å². The van der Waals surface area contributed by atoms with E-state index in [9.17, 15) is 8.42 Å². The molecule has 0 aromatic carbocycles. The fourth-order valence-corrected chi connectivity index (χ4v) is 3.06. The van der Waals surface area contributed by atoms with E-state index in [0.717, 1.165) is 24.6 Å². The van der Waals surface area contributed by atoms with Crippen LogP contribution in [0, 0.1) is 0 Å². The zero-order chi connectivity index (χ0) is 13.4. The van der Waals surface area contributed by atoms with Crippen molar-refractivity contribution in [2.45, 2.75) is 13.3 Å². The molecule has 0 atom stereocenters. The van der Waals surface area contributed by atoms with Crippen molar-refractivity contribution in [1.82, 2.24) is 9.62 Å². The van der Waals surface area contributed by atoms with Crippen LogP contribution in [0.1, 0.15) is 13.3 Å². The number of rotatable bonds is 6. The molecule has 0 unspecified atom stereocenters. The molecule has 6 nitrogen and oxygen atoms in total. The summed E-state index contributed by atoms with van der Waals surface area (Å²) in [4.78, 5) is 6.35. The third kappa shape index (κ3) is 5.92. The zero-order valence-electron chi connectivity index (χ0n) is 10.8. The van der Waals surface area contributed by atoms with Gasteiger partial charge in [-0.3, -0.25) is 4.99 Å². The number of aliphatic imine (C=N–C) groups is 1. The Labute approximate surface area is 113 Å². The van der Waals surface area contributed by atoms with Crippen LogP contribution in [0.3, 0.4) is 0 Å². The molecule has 1 fully saturated rings. The monoisotopic (exact) mass is 294 g/mol. The quantitative estimate of drug-likeness (QED) is 0.398. The normalized spacial score (nSPS) is 18.1. The van der Waals surface area contributed by atoms with Crippen LogP contribution in [-0.2, 0) is 10.0 Å². The van der Waals surface area contributed by atoms with Crippen LogP contribution in [0.25, 0.3) is 0 Å². The second-order valence-corrected chi connectivity index (χ2v) is 7.31. The Balaban J connectivity index is 2.19. The first-order valence-corrected chi connectivity index (χ1v) is 8.96. The largest absolute Gasteiger partial charge is 0.370 e. The van der Waals surface area contributed by atoms with Crippen LogP contribution < -0.4 is 10.5 Å². The topological polar surface area (TPSA) is 87.8 Å². The fourth-order valence-electron chi connectivity index (χ4n) is 1.49. The van der Waals surface area contributed by atoms with Gasteiger partial charge >= 0.3 is 0 Å². The average Bonchev–Trinajstić information content (AvgIpc) is 2.39. The number of hydrogen-bond donors (Lipinski definition) is 2. The number of thioether (sulfide) groups is 1. The fraction of sp³-hybridized carbons (Fsp3) is 0.900. The number of nitrogens with one attached hydrogen (secondary N) is 1. The molecule has 0 bridgehead atoms. The maximum absolute atomic E-state index is 11.2. The highest BCUT2D eigenvalue weighted by molar-refractivity contribution is 7.99. The highest BCUT2D eigenvalue weighted by Crippen LogP contribution is 2.08. The van der Waals surface area contributed by atoms with E-state index < -0.39 is 10.0 Å². The number of nitrogens with two attached hydrogens (primary N) is 1. The van der Waals surface area contributed by atoms with Crippen LogP contribution in [-0.4, -0.2) is 62.7 Å². The molecule has 0 amide bonds. The molecule has 1 aliphatic heterocycles. The van der Waals surface area contributed by atoms with E-state index in [1.165, 1.54) is 0 Å². The van der Waals surface area contributed by atoms with E-state index in [0.29, 0.717) is 25.5 Å². The Kier molecular flexibility index (Phi) is 6.80. The summed E-state index contributed by atoms with van der Waals surface area (Å²) in [5, 5.41) is 0. The van der Waals surface area contributed by atoms with Crippen LogP contribution in [0.4, 0.5) is 0 Å². The first-order chi connectivity index (χ1) is 8.55. The zero-order valence-corrected chi connectivity index (χ0v) is 12.4. The Morgan fingerprint density at radius 1 is 1.44 bits per heavy atom. The molecule has 1 rings (SSSR count). The summed E-state index contributed by atoms with van der Waals surface area (Å²) in [6.45, 7) is 4.49. The van der Waals surface area contributed by atoms with Gasteiger partial charge in [0, 0.05) is 37.7 Å². The standard InChI is InChI=1S/C10H22N4O2S2/c1-2-18(15,16)13-5-3-4-12-10(11)14-6-8-17-9-7-14/h13H,2-9H2,1H3,(H2,11,12). The summed E-state index contributed by atoms with van der Waals surface area (Å²) < 4.78 is 24.8. The number of sulfonamides is 1. The lowest BCUT2D eigenvalue weighted by Crippen LogP contribution is -2.42. The Bertz CT molecular complexity index is 364. The van der Waals surface area contributed by atoms with Crippen molar-refractivity contribution >= 4 is 27.7 Å². The lowest BCUT2D eigenvalue weighted by Gasteiger charge is -2.27. The third-order valence-electron chi connectivity index (χ3n) is 2.65. The highest BCUT2D eigenvalue weighted by atomic mass is 32.2. The second-order valence-electron chi connectivity index (χ2n) is 3.99. The van der Waals surface area contributed by atoms with Gasteiger partial charge in [0.05, 0.1) is 5.75 Å². The maximum Gasteiger partial charge on any atom is 0.211 e. The molecule has 18 heavy (non-hydrogen) atoms. The van der Waals surface area contributed by atoms with Gasteiger partial charge in [0.2, 0.25) is 10.0 Å². The molecule has 0 spiro atoms. The SMILES string of the molecule is CCS(=O)(=O)NCCCN=C(N)N1CCSCC1. The van der Waals surface area contributed by atoms with Crippen LogP contribution >= 0.6 is 11.8 Å². The summed E-state index contributed by atoms with van der Waals surface area (Å²) in [6, 6.07) is 0. The third-order valence-corrected chi connectivity index (χ3v) is 4.99. The summed E-state index contributed by atoms with van der Waals surface area (Å²) in [5.74, 6) is 2.87. The lowest BCUT2D eigenvalue weighted by molar-refractivity contribution is 0.455. The van der Waals surface area contributed by atoms with Gasteiger partial charge in [0.15, 0.2) is 5.96 Å². The highest BCUT2D eigenvalue weighted by Gasteiger charge is 2.11. The number of hydrogen-bond acceptors (Lipinski definition) is 4. The molecular formula is C10H22N4O2S2. The molecule has 106 valence electrons. The van der Waals surface area contributed by atoms with Crippen molar-refractivity contribution in [2.75, 3.05) is 43.4 Å². The van der Waals surface area contributed by atoms with E-state index in [1.54, 1.807) is 6.92 Å². The molecule has 0 radical (unpaired) electrons. The van der Waals surface area contributed by atoms with Gasteiger partial charge in [0.25, 0.3) is 0 Å². The Hall–Kier alpha value is -0.470. The minimum absolute atomic E-state index is 0.115. The van der Waals surface area contributed by atoms with Crippen LogP contribution in [0.5, 0.6) is 0 Å². The van der Waals surface area contributed by atoms with Crippen LogP contribution in [0.2, 0.25) is 0 Å². The molecule has 0 aliphatic carbocycles. The van der Waals surface area contributed by atoms with Gasteiger partial charge in [-0.05, 0) is 13.3 Å². The van der Waals surface area contributed by atoms with E-state index in [4.69, 9.17) is 5.73 Å².